The van der Waals surface area contributed by atoms with Crippen LogP contribution >= 0.6 is 11.6 Å². The van der Waals surface area contributed by atoms with Gasteiger partial charge < -0.3 is 10.5 Å². The van der Waals surface area contributed by atoms with Gasteiger partial charge in [-0.15, -0.1) is 0 Å². The van der Waals surface area contributed by atoms with Crippen molar-refractivity contribution in [2.24, 2.45) is 5.73 Å². The fraction of sp³-hybridized carbons (Fsp3) is 0.294. The highest BCUT2D eigenvalue weighted by atomic mass is 35.5. The largest absolute Gasteiger partial charge is 0.486 e. The van der Waals surface area contributed by atoms with E-state index in [1.165, 1.54) is 11.1 Å². The van der Waals surface area contributed by atoms with Gasteiger partial charge in [-0.2, -0.15) is 0 Å². The van der Waals surface area contributed by atoms with Crippen molar-refractivity contribution in [1.29, 1.82) is 0 Å². The van der Waals surface area contributed by atoms with Gasteiger partial charge in [-0.25, -0.2) is 0 Å². The Labute approximate surface area is 123 Å². The molecule has 102 valence electrons. The summed E-state index contributed by atoms with van der Waals surface area (Å²) in [7, 11) is 0. The van der Waals surface area contributed by atoms with Gasteiger partial charge in [-0.05, 0) is 29.3 Å². The van der Waals surface area contributed by atoms with Crippen LogP contribution in [0.4, 0.5) is 0 Å². The first kappa shape index (κ1) is 12.2. The molecule has 1 atom stereocenters. The lowest BCUT2D eigenvalue weighted by Crippen LogP contribution is -2.43. The van der Waals surface area contributed by atoms with E-state index in [1.54, 1.807) is 0 Å². The predicted molar refractivity (Wildman–Crippen MR) is 80.2 cm³/mol. The van der Waals surface area contributed by atoms with Gasteiger partial charge in [-0.3, -0.25) is 0 Å². The minimum Gasteiger partial charge on any atom is -0.486 e. The number of rotatable bonds is 0. The van der Waals surface area contributed by atoms with E-state index >= 15 is 0 Å². The molecule has 2 aromatic rings. The Kier molecular flexibility index (Phi) is 2.60. The fourth-order valence-corrected chi connectivity index (χ4v) is 3.74. The molecule has 0 saturated carbocycles. The van der Waals surface area contributed by atoms with Gasteiger partial charge in [-0.1, -0.05) is 35.9 Å². The zero-order chi connectivity index (χ0) is 13.7. The average molecular weight is 286 g/mol. The summed E-state index contributed by atoms with van der Waals surface area (Å²) in [5.74, 6) is 0.890. The van der Waals surface area contributed by atoms with Gasteiger partial charge in [0.15, 0.2) is 0 Å². The van der Waals surface area contributed by atoms with Crippen LogP contribution in [0.15, 0.2) is 42.5 Å². The maximum Gasteiger partial charge on any atom is 0.125 e. The van der Waals surface area contributed by atoms with Gasteiger partial charge in [0.05, 0.1) is 0 Å². The second kappa shape index (κ2) is 4.24. The summed E-state index contributed by atoms with van der Waals surface area (Å²) in [4.78, 5) is 0. The molecule has 20 heavy (non-hydrogen) atoms. The Morgan fingerprint density at radius 3 is 2.50 bits per heavy atom. The van der Waals surface area contributed by atoms with Crippen molar-refractivity contribution in [1.82, 2.24) is 0 Å². The molecule has 0 aromatic heterocycles. The molecule has 0 unspecified atom stereocenters. The first-order valence-corrected chi connectivity index (χ1v) is 7.34. The fourth-order valence-electron chi connectivity index (χ4n) is 3.56. The zero-order valence-corrected chi connectivity index (χ0v) is 11.9. The molecule has 0 saturated heterocycles. The normalized spacial score (nSPS) is 22.2. The number of nitrogens with two attached hydrogens (primary N) is 1. The molecule has 4 rings (SSSR count). The highest BCUT2D eigenvalue weighted by Gasteiger charge is 2.44. The third kappa shape index (κ3) is 1.83. The van der Waals surface area contributed by atoms with E-state index in [0.717, 1.165) is 30.6 Å². The molecule has 1 heterocycles. The van der Waals surface area contributed by atoms with E-state index < -0.39 is 0 Å². The molecular formula is C17H16ClNO. The average Bonchev–Trinajstić information content (AvgIpc) is 2.77. The molecule has 3 heteroatoms. The second-order valence-corrected chi connectivity index (χ2v) is 6.34. The number of benzene rings is 2. The van der Waals surface area contributed by atoms with Gasteiger partial charge in [0, 0.05) is 35.9 Å². The quantitative estimate of drug-likeness (QED) is 0.802. The molecule has 2 aromatic carbocycles. The van der Waals surface area contributed by atoms with E-state index in [0.29, 0.717) is 5.02 Å². The topological polar surface area (TPSA) is 35.2 Å². The van der Waals surface area contributed by atoms with Crippen molar-refractivity contribution in [3.8, 4) is 5.75 Å². The SMILES string of the molecule is N[C@H]1CC2(Cc3ccccc3C2)Oc2ccc(Cl)cc21. The third-order valence-electron chi connectivity index (χ3n) is 4.43. The lowest BCUT2D eigenvalue weighted by atomic mass is 9.85. The van der Waals surface area contributed by atoms with E-state index in [2.05, 4.69) is 24.3 Å². The Bertz CT molecular complexity index is 657. The number of halogens is 1. The summed E-state index contributed by atoms with van der Waals surface area (Å²) in [6.45, 7) is 0. The molecule has 1 aliphatic carbocycles. The summed E-state index contributed by atoms with van der Waals surface area (Å²) in [5.41, 5.74) is 9.99. The van der Waals surface area contributed by atoms with Crippen LogP contribution in [-0.4, -0.2) is 5.60 Å². The summed E-state index contributed by atoms with van der Waals surface area (Å²) in [5, 5.41) is 0.716. The Morgan fingerprint density at radius 2 is 1.80 bits per heavy atom. The van der Waals surface area contributed by atoms with E-state index in [9.17, 15) is 0 Å². The standard InChI is InChI=1S/C17H16ClNO/c18-13-5-6-16-14(7-13)15(19)10-17(20-16)8-11-3-1-2-4-12(11)9-17/h1-7,15H,8-10,19H2/t15-/m0/s1. The molecule has 0 amide bonds. The first-order chi connectivity index (χ1) is 9.65. The second-order valence-electron chi connectivity index (χ2n) is 5.90. The van der Waals surface area contributed by atoms with Crippen LogP contribution in [0.2, 0.25) is 5.02 Å². The van der Waals surface area contributed by atoms with Gasteiger partial charge >= 0.3 is 0 Å². The molecule has 0 fully saturated rings. The lowest BCUT2D eigenvalue weighted by Gasteiger charge is -2.38. The molecule has 0 bridgehead atoms. The summed E-state index contributed by atoms with van der Waals surface area (Å²) < 4.78 is 6.35. The van der Waals surface area contributed by atoms with Crippen molar-refractivity contribution < 1.29 is 4.74 Å². The van der Waals surface area contributed by atoms with E-state index in [-0.39, 0.29) is 11.6 Å². The van der Waals surface area contributed by atoms with Crippen molar-refractivity contribution in [2.45, 2.75) is 30.9 Å². The van der Waals surface area contributed by atoms with Crippen LogP contribution < -0.4 is 10.5 Å². The number of hydrogen-bond donors (Lipinski definition) is 1. The lowest BCUT2D eigenvalue weighted by molar-refractivity contribution is 0.0460. The van der Waals surface area contributed by atoms with Gasteiger partial charge in [0.2, 0.25) is 0 Å². The molecule has 2 nitrogen and oxygen atoms in total. The molecule has 1 spiro atoms. The number of ether oxygens (including phenoxy) is 1. The zero-order valence-electron chi connectivity index (χ0n) is 11.1. The number of fused-ring (bicyclic) bond motifs is 2. The minimum absolute atomic E-state index is 0.00763. The van der Waals surface area contributed by atoms with E-state index in [4.69, 9.17) is 22.1 Å². The van der Waals surface area contributed by atoms with Gasteiger partial charge in [0.25, 0.3) is 0 Å². The maximum absolute atomic E-state index is 6.37. The monoisotopic (exact) mass is 285 g/mol. The van der Waals surface area contributed by atoms with Crippen molar-refractivity contribution >= 4 is 11.6 Å². The van der Waals surface area contributed by atoms with Crippen LogP contribution in [0.25, 0.3) is 0 Å². The minimum atomic E-state index is -0.177. The van der Waals surface area contributed by atoms with Crippen molar-refractivity contribution in [3.05, 3.63) is 64.2 Å². The third-order valence-corrected chi connectivity index (χ3v) is 4.67. The van der Waals surface area contributed by atoms with Crippen molar-refractivity contribution in [2.75, 3.05) is 0 Å². The van der Waals surface area contributed by atoms with Crippen LogP contribution in [-0.2, 0) is 12.8 Å². The predicted octanol–water partition coefficient (Wildman–Crippen LogP) is 3.66. The summed E-state index contributed by atoms with van der Waals surface area (Å²) >= 11 is 6.06. The summed E-state index contributed by atoms with van der Waals surface area (Å²) in [6, 6.07) is 14.3. The summed E-state index contributed by atoms with van der Waals surface area (Å²) in [6.07, 6.45) is 2.73. The Hall–Kier alpha value is -1.51. The molecule has 1 aliphatic heterocycles. The smallest absolute Gasteiger partial charge is 0.125 e. The number of hydrogen-bond acceptors (Lipinski definition) is 2. The van der Waals surface area contributed by atoms with Crippen LogP contribution in [0.5, 0.6) is 5.75 Å². The van der Waals surface area contributed by atoms with Crippen LogP contribution in [0.1, 0.15) is 29.2 Å². The van der Waals surface area contributed by atoms with E-state index in [1.807, 2.05) is 18.2 Å². The van der Waals surface area contributed by atoms with Crippen LogP contribution in [0, 0.1) is 0 Å². The molecule has 0 radical (unpaired) electrons. The van der Waals surface area contributed by atoms with Crippen LogP contribution in [0.3, 0.4) is 0 Å². The van der Waals surface area contributed by atoms with Crippen molar-refractivity contribution in [3.63, 3.8) is 0 Å². The molecule has 2 aliphatic rings. The molecular weight excluding hydrogens is 270 g/mol. The highest BCUT2D eigenvalue weighted by Crippen LogP contribution is 2.45. The first-order valence-electron chi connectivity index (χ1n) is 6.96. The van der Waals surface area contributed by atoms with Gasteiger partial charge in [0.1, 0.15) is 11.4 Å². The molecule has 2 N–H and O–H groups in total. The Morgan fingerprint density at radius 1 is 1.10 bits per heavy atom. The maximum atomic E-state index is 6.37. The Balaban J connectivity index is 1.73. The highest BCUT2D eigenvalue weighted by molar-refractivity contribution is 6.30.